The second-order valence-corrected chi connectivity index (χ2v) is 7.42. The van der Waals surface area contributed by atoms with Gasteiger partial charge in [0.15, 0.2) is 5.13 Å². The van der Waals surface area contributed by atoms with Gasteiger partial charge in [0.1, 0.15) is 5.75 Å². The molecule has 5 nitrogen and oxygen atoms in total. The third kappa shape index (κ3) is 3.56. The Morgan fingerprint density at radius 2 is 2.04 bits per heavy atom. The van der Waals surface area contributed by atoms with Crippen LogP contribution >= 0.6 is 34.5 Å². The van der Waals surface area contributed by atoms with Gasteiger partial charge in [-0.1, -0.05) is 29.0 Å². The van der Waals surface area contributed by atoms with Crippen molar-refractivity contribution in [1.82, 2.24) is 15.0 Å². The van der Waals surface area contributed by atoms with Gasteiger partial charge < -0.3 is 10.1 Å². The molecule has 0 aliphatic heterocycles. The smallest absolute Gasteiger partial charge is 0.222 e. The van der Waals surface area contributed by atoms with Crippen LogP contribution in [0.3, 0.4) is 0 Å². The number of hydrogen-bond acceptors (Lipinski definition) is 6. The van der Waals surface area contributed by atoms with Crippen LogP contribution < -0.4 is 10.1 Å². The molecule has 1 fully saturated rings. The number of ether oxygens (including phenoxy) is 1. The van der Waals surface area contributed by atoms with Crippen LogP contribution in [0.4, 0.5) is 5.13 Å². The van der Waals surface area contributed by atoms with E-state index in [0.29, 0.717) is 16.8 Å². The summed E-state index contributed by atoms with van der Waals surface area (Å²) in [5.41, 5.74) is 2.47. The van der Waals surface area contributed by atoms with Crippen molar-refractivity contribution in [3.8, 4) is 27.6 Å². The summed E-state index contributed by atoms with van der Waals surface area (Å²) in [6.07, 6.45) is 4.00. The Hall–Kier alpha value is -1.89. The minimum atomic E-state index is 0.210. The Balaban J connectivity index is 1.83. The van der Waals surface area contributed by atoms with E-state index in [2.05, 4.69) is 15.3 Å². The molecule has 25 heavy (non-hydrogen) atoms. The van der Waals surface area contributed by atoms with Crippen molar-refractivity contribution in [1.29, 1.82) is 0 Å². The molecule has 0 spiro atoms. The van der Waals surface area contributed by atoms with Crippen molar-refractivity contribution in [3.05, 3.63) is 40.8 Å². The summed E-state index contributed by atoms with van der Waals surface area (Å²) in [7, 11) is 1.59. The highest BCUT2D eigenvalue weighted by Gasteiger charge is 2.24. The van der Waals surface area contributed by atoms with Crippen molar-refractivity contribution in [2.45, 2.75) is 18.9 Å². The van der Waals surface area contributed by atoms with Crippen LogP contribution in [0.1, 0.15) is 12.8 Å². The third-order valence-corrected chi connectivity index (χ3v) is 5.32. The number of thiazole rings is 1. The number of aromatic nitrogens is 3. The number of nitrogens with one attached hydrogen (secondary N) is 1. The molecule has 3 aromatic rings. The van der Waals surface area contributed by atoms with Crippen molar-refractivity contribution < 1.29 is 4.74 Å². The first-order chi connectivity index (χ1) is 12.1. The van der Waals surface area contributed by atoms with Gasteiger partial charge in [-0.25, -0.2) is 15.0 Å². The lowest BCUT2D eigenvalue weighted by molar-refractivity contribution is 0.415. The van der Waals surface area contributed by atoms with E-state index in [4.69, 9.17) is 32.9 Å². The molecule has 1 aliphatic rings. The van der Waals surface area contributed by atoms with Crippen LogP contribution in [0.2, 0.25) is 10.3 Å². The summed E-state index contributed by atoms with van der Waals surface area (Å²) in [6, 6.07) is 7.95. The van der Waals surface area contributed by atoms with Gasteiger partial charge in [-0.15, -0.1) is 0 Å². The van der Waals surface area contributed by atoms with Crippen molar-refractivity contribution in [2.75, 3.05) is 12.4 Å². The maximum atomic E-state index is 6.15. The molecule has 4 rings (SSSR count). The van der Waals surface area contributed by atoms with E-state index in [9.17, 15) is 0 Å². The topological polar surface area (TPSA) is 59.9 Å². The number of benzene rings is 1. The Labute approximate surface area is 159 Å². The van der Waals surface area contributed by atoms with Crippen LogP contribution in [-0.2, 0) is 0 Å². The van der Waals surface area contributed by atoms with Crippen LogP contribution in [0.25, 0.3) is 21.8 Å². The standard InChI is InChI=1S/C17H14Cl2N4OS/c1-24-13-8-9(2-5-11(13)18)14-15(12-6-7-20-16(19)22-12)25-17(23-14)21-10-3-4-10/h2,5-8,10H,3-4H2,1H3,(H,21,23). The summed E-state index contributed by atoms with van der Waals surface area (Å²) in [4.78, 5) is 14.0. The van der Waals surface area contributed by atoms with Gasteiger partial charge in [-0.05, 0) is 42.6 Å². The van der Waals surface area contributed by atoms with Gasteiger partial charge in [0.05, 0.1) is 28.4 Å². The Kier molecular flexibility index (Phi) is 4.50. The summed E-state index contributed by atoms with van der Waals surface area (Å²) in [5, 5.41) is 5.09. The molecule has 0 amide bonds. The molecular weight excluding hydrogens is 379 g/mol. The van der Waals surface area contributed by atoms with E-state index in [-0.39, 0.29) is 5.28 Å². The molecule has 0 atom stereocenters. The lowest BCUT2D eigenvalue weighted by Crippen LogP contribution is -1.99. The molecule has 1 N–H and O–H groups in total. The maximum absolute atomic E-state index is 6.15. The lowest BCUT2D eigenvalue weighted by Gasteiger charge is -2.06. The van der Waals surface area contributed by atoms with Gasteiger partial charge in [-0.3, -0.25) is 0 Å². The number of hydrogen-bond donors (Lipinski definition) is 1. The Morgan fingerprint density at radius 1 is 1.20 bits per heavy atom. The fourth-order valence-electron chi connectivity index (χ4n) is 2.42. The number of halogens is 2. The summed E-state index contributed by atoms with van der Waals surface area (Å²) >= 11 is 13.7. The molecule has 2 aromatic heterocycles. The fourth-order valence-corrected chi connectivity index (χ4v) is 3.80. The second-order valence-electron chi connectivity index (χ2n) is 5.68. The van der Waals surface area contributed by atoms with Gasteiger partial charge in [0.2, 0.25) is 5.28 Å². The predicted molar refractivity (Wildman–Crippen MR) is 102 cm³/mol. The van der Waals surface area contributed by atoms with E-state index < -0.39 is 0 Å². The first kappa shape index (κ1) is 16.6. The van der Waals surface area contributed by atoms with Gasteiger partial charge >= 0.3 is 0 Å². The van der Waals surface area contributed by atoms with E-state index >= 15 is 0 Å². The Bertz CT molecular complexity index is 927. The largest absolute Gasteiger partial charge is 0.495 e. The molecular formula is C17H14Cl2N4OS. The van der Waals surface area contributed by atoms with E-state index in [1.165, 1.54) is 12.8 Å². The third-order valence-electron chi connectivity index (χ3n) is 3.82. The van der Waals surface area contributed by atoms with E-state index in [1.807, 2.05) is 18.2 Å². The molecule has 0 bridgehead atoms. The normalized spacial score (nSPS) is 13.7. The first-order valence-corrected chi connectivity index (χ1v) is 9.31. The van der Waals surface area contributed by atoms with Gasteiger partial charge in [0.25, 0.3) is 0 Å². The lowest BCUT2D eigenvalue weighted by atomic mass is 10.1. The first-order valence-electron chi connectivity index (χ1n) is 7.74. The predicted octanol–water partition coefficient (Wildman–Crippen LogP) is 5.16. The van der Waals surface area contributed by atoms with Crippen LogP contribution in [-0.4, -0.2) is 28.1 Å². The average Bonchev–Trinajstić information content (AvgIpc) is 3.32. The number of rotatable bonds is 5. The highest BCUT2D eigenvalue weighted by atomic mass is 35.5. The molecule has 8 heteroatoms. The quantitative estimate of drug-likeness (QED) is 0.607. The minimum absolute atomic E-state index is 0.210. The zero-order chi connectivity index (χ0) is 17.4. The molecule has 0 unspecified atom stereocenters. The molecule has 1 aliphatic carbocycles. The fraction of sp³-hybridized carbons (Fsp3) is 0.235. The van der Waals surface area contributed by atoms with Crippen molar-refractivity contribution in [3.63, 3.8) is 0 Å². The zero-order valence-electron chi connectivity index (χ0n) is 13.3. The van der Waals surface area contributed by atoms with Gasteiger partial charge in [-0.2, -0.15) is 0 Å². The Morgan fingerprint density at radius 3 is 2.76 bits per heavy atom. The highest BCUT2D eigenvalue weighted by molar-refractivity contribution is 7.19. The van der Waals surface area contributed by atoms with E-state index in [1.54, 1.807) is 30.7 Å². The zero-order valence-corrected chi connectivity index (χ0v) is 15.6. The van der Waals surface area contributed by atoms with Crippen LogP contribution in [0.15, 0.2) is 30.5 Å². The van der Waals surface area contributed by atoms with Crippen molar-refractivity contribution >= 4 is 39.7 Å². The maximum Gasteiger partial charge on any atom is 0.222 e. The molecule has 1 aromatic carbocycles. The van der Waals surface area contributed by atoms with E-state index in [0.717, 1.165) is 27.0 Å². The molecule has 0 saturated heterocycles. The summed E-state index contributed by atoms with van der Waals surface area (Å²) < 4.78 is 5.33. The number of methoxy groups -OCH3 is 1. The molecule has 128 valence electrons. The second kappa shape index (κ2) is 6.78. The molecule has 1 saturated carbocycles. The highest BCUT2D eigenvalue weighted by Crippen LogP contribution is 2.41. The van der Waals surface area contributed by atoms with Crippen LogP contribution in [0.5, 0.6) is 5.75 Å². The average molecular weight is 393 g/mol. The summed E-state index contributed by atoms with van der Waals surface area (Å²) in [5.74, 6) is 0.607. The molecule has 2 heterocycles. The monoisotopic (exact) mass is 392 g/mol. The molecule has 0 radical (unpaired) electrons. The van der Waals surface area contributed by atoms with Crippen molar-refractivity contribution in [2.24, 2.45) is 0 Å². The summed E-state index contributed by atoms with van der Waals surface area (Å²) in [6.45, 7) is 0. The number of nitrogens with zero attached hydrogens (tertiary/aromatic N) is 3. The van der Waals surface area contributed by atoms with Gasteiger partial charge in [0, 0.05) is 17.8 Å². The number of anilines is 1. The SMILES string of the molecule is COc1cc(-c2nc(NC3CC3)sc2-c2ccnc(Cl)n2)ccc1Cl. The van der Waals surface area contributed by atoms with Crippen LogP contribution in [0, 0.1) is 0 Å². The minimum Gasteiger partial charge on any atom is -0.495 e.